The monoisotopic (exact) mass is 336 g/mol. The number of carbonyl (C=O) groups is 2. The predicted molar refractivity (Wildman–Crippen MR) is 99.6 cm³/mol. The zero-order valence-electron chi connectivity index (χ0n) is 14.8. The molecule has 2 amide bonds. The number of amides is 2. The third kappa shape index (κ3) is 4.08. The minimum atomic E-state index is -0.114. The van der Waals surface area contributed by atoms with Crippen LogP contribution < -0.4 is 5.32 Å². The molecule has 4 heteroatoms. The number of likely N-dealkylation sites (tertiary alicyclic amines) is 1. The molecular formula is C21H24N2O2. The molecule has 1 N–H and O–H groups in total. The molecule has 0 radical (unpaired) electrons. The molecular weight excluding hydrogens is 312 g/mol. The number of carbonyl (C=O) groups excluding carboxylic acids is 2. The summed E-state index contributed by atoms with van der Waals surface area (Å²) < 4.78 is 0. The van der Waals surface area contributed by atoms with Gasteiger partial charge in [-0.25, -0.2) is 0 Å². The second-order valence-corrected chi connectivity index (χ2v) is 6.81. The van der Waals surface area contributed by atoms with Crippen molar-refractivity contribution in [3.63, 3.8) is 0 Å². The summed E-state index contributed by atoms with van der Waals surface area (Å²) in [5, 5.41) is 3.00. The van der Waals surface area contributed by atoms with E-state index in [9.17, 15) is 9.59 Å². The van der Waals surface area contributed by atoms with E-state index in [-0.39, 0.29) is 11.8 Å². The number of nitrogens with one attached hydrogen (secondary N) is 1. The molecule has 1 heterocycles. The Morgan fingerprint density at radius 3 is 2.48 bits per heavy atom. The van der Waals surface area contributed by atoms with Crippen LogP contribution in [0.3, 0.4) is 0 Å². The average molecular weight is 336 g/mol. The van der Waals surface area contributed by atoms with Gasteiger partial charge in [-0.2, -0.15) is 0 Å². The van der Waals surface area contributed by atoms with Gasteiger partial charge in [-0.05, 0) is 41.7 Å². The lowest BCUT2D eigenvalue weighted by Gasteiger charge is -2.16. The molecule has 0 aliphatic carbocycles. The molecule has 25 heavy (non-hydrogen) atoms. The van der Waals surface area contributed by atoms with Gasteiger partial charge in [0.2, 0.25) is 5.91 Å². The molecule has 0 bridgehead atoms. The molecule has 3 rings (SSSR count). The van der Waals surface area contributed by atoms with E-state index in [2.05, 4.69) is 19.2 Å². The molecule has 2 aromatic rings. The maximum atomic E-state index is 12.5. The van der Waals surface area contributed by atoms with Gasteiger partial charge in [0, 0.05) is 30.8 Å². The molecule has 2 aromatic carbocycles. The van der Waals surface area contributed by atoms with Gasteiger partial charge in [-0.3, -0.25) is 9.59 Å². The normalized spacial score (nSPS) is 14.2. The first-order valence-corrected chi connectivity index (χ1v) is 8.81. The Bertz CT molecular complexity index is 766. The van der Waals surface area contributed by atoms with E-state index in [4.69, 9.17) is 0 Å². The Morgan fingerprint density at radius 1 is 1.12 bits per heavy atom. The number of nitrogens with zero attached hydrogens (tertiary/aromatic N) is 1. The lowest BCUT2D eigenvalue weighted by Crippen LogP contribution is -2.23. The summed E-state index contributed by atoms with van der Waals surface area (Å²) in [6.45, 7) is 5.67. The SMILES string of the molecule is CC(C)c1ccccc1NC(=O)c1ccc(CN2CCCC2=O)cc1. The standard InChI is InChI=1S/C21H24N2O2/c1-15(2)18-6-3-4-7-19(18)22-21(25)17-11-9-16(10-12-17)14-23-13-5-8-20(23)24/h3-4,6-7,9-12,15H,5,8,13-14H2,1-2H3,(H,22,25). The zero-order chi connectivity index (χ0) is 17.8. The molecule has 0 aromatic heterocycles. The van der Waals surface area contributed by atoms with Crippen LogP contribution >= 0.6 is 0 Å². The first-order valence-electron chi connectivity index (χ1n) is 8.81. The Labute approximate surface area is 148 Å². The topological polar surface area (TPSA) is 49.4 Å². The maximum absolute atomic E-state index is 12.5. The van der Waals surface area contributed by atoms with Crippen molar-refractivity contribution in [2.75, 3.05) is 11.9 Å². The van der Waals surface area contributed by atoms with Crippen molar-refractivity contribution in [3.8, 4) is 0 Å². The van der Waals surface area contributed by atoms with E-state index >= 15 is 0 Å². The van der Waals surface area contributed by atoms with Gasteiger partial charge in [0.25, 0.3) is 5.91 Å². The molecule has 4 nitrogen and oxygen atoms in total. The number of hydrogen-bond donors (Lipinski definition) is 1. The van der Waals surface area contributed by atoms with Crippen molar-refractivity contribution in [2.45, 2.75) is 39.2 Å². The summed E-state index contributed by atoms with van der Waals surface area (Å²) in [4.78, 5) is 26.1. The van der Waals surface area contributed by atoms with Gasteiger partial charge >= 0.3 is 0 Å². The number of hydrogen-bond acceptors (Lipinski definition) is 2. The highest BCUT2D eigenvalue weighted by Crippen LogP contribution is 2.24. The van der Waals surface area contributed by atoms with Crippen LogP contribution in [0.15, 0.2) is 48.5 Å². The third-order valence-corrected chi connectivity index (χ3v) is 4.59. The van der Waals surface area contributed by atoms with Crippen LogP contribution in [0.25, 0.3) is 0 Å². The van der Waals surface area contributed by atoms with Gasteiger partial charge in [-0.15, -0.1) is 0 Å². The summed E-state index contributed by atoms with van der Waals surface area (Å²) in [5.74, 6) is 0.445. The summed E-state index contributed by atoms with van der Waals surface area (Å²) >= 11 is 0. The lowest BCUT2D eigenvalue weighted by molar-refractivity contribution is -0.128. The van der Waals surface area contributed by atoms with Gasteiger partial charge in [-0.1, -0.05) is 44.2 Å². The fraction of sp³-hybridized carbons (Fsp3) is 0.333. The quantitative estimate of drug-likeness (QED) is 0.890. The molecule has 1 aliphatic rings. The highest BCUT2D eigenvalue weighted by Gasteiger charge is 2.20. The van der Waals surface area contributed by atoms with Crippen molar-refractivity contribution in [2.24, 2.45) is 0 Å². The molecule has 1 saturated heterocycles. The van der Waals surface area contributed by atoms with Crippen LogP contribution in [0.2, 0.25) is 0 Å². The van der Waals surface area contributed by atoms with Gasteiger partial charge < -0.3 is 10.2 Å². The Morgan fingerprint density at radius 2 is 1.84 bits per heavy atom. The number of anilines is 1. The Balaban J connectivity index is 1.68. The van der Waals surface area contributed by atoms with E-state index in [1.165, 1.54) is 0 Å². The van der Waals surface area contributed by atoms with E-state index in [1.54, 1.807) is 0 Å². The van der Waals surface area contributed by atoms with Gasteiger partial charge in [0.05, 0.1) is 0 Å². The first kappa shape index (κ1) is 17.2. The van der Waals surface area contributed by atoms with Crippen LogP contribution in [0, 0.1) is 0 Å². The van der Waals surface area contributed by atoms with E-state index < -0.39 is 0 Å². The Hall–Kier alpha value is -2.62. The molecule has 1 aliphatic heterocycles. The minimum Gasteiger partial charge on any atom is -0.338 e. The van der Waals surface area contributed by atoms with Crippen molar-refractivity contribution in [1.82, 2.24) is 4.90 Å². The van der Waals surface area contributed by atoms with Crippen LogP contribution in [0.4, 0.5) is 5.69 Å². The van der Waals surface area contributed by atoms with Crippen LogP contribution in [-0.2, 0) is 11.3 Å². The molecule has 1 fully saturated rings. The van der Waals surface area contributed by atoms with Crippen LogP contribution in [0.5, 0.6) is 0 Å². The smallest absolute Gasteiger partial charge is 0.255 e. The molecule has 0 unspecified atom stereocenters. The summed E-state index contributed by atoms with van der Waals surface area (Å²) in [7, 11) is 0. The van der Waals surface area contributed by atoms with Gasteiger partial charge in [0.15, 0.2) is 0 Å². The van der Waals surface area contributed by atoms with E-state index in [1.807, 2.05) is 53.4 Å². The van der Waals surface area contributed by atoms with E-state index in [0.29, 0.717) is 24.4 Å². The fourth-order valence-corrected chi connectivity index (χ4v) is 3.16. The molecule has 0 saturated carbocycles. The maximum Gasteiger partial charge on any atom is 0.255 e. The highest BCUT2D eigenvalue weighted by atomic mass is 16.2. The largest absolute Gasteiger partial charge is 0.338 e. The number of para-hydroxylation sites is 1. The van der Waals surface area contributed by atoms with E-state index in [0.717, 1.165) is 29.8 Å². The van der Waals surface area contributed by atoms with Crippen molar-refractivity contribution in [3.05, 3.63) is 65.2 Å². The van der Waals surface area contributed by atoms with Crippen molar-refractivity contribution >= 4 is 17.5 Å². The number of rotatable bonds is 5. The van der Waals surface area contributed by atoms with Crippen LogP contribution in [-0.4, -0.2) is 23.3 Å². The molecule has 0 atom stereocenters. The predicted octanol–water partition coefficient (Wildman–Crippen LogP) is 4.18. The fourth-order valence-electron chi connectivity index (χ4n) is 3.16. The van der Waals surface area contributed by atoms with Crippen molar-refractivity contribution in [1.29, 1.82) is 0 Å². The molecule has 130 valence electrons. The highest BCUT2D eigenvalue weighted by molar-refractivity contribution is 6.04. The summed E-state index contributed by atoms with van der Waals surface area (Å²) in [6, 6.07) is 15.4. The summed E-state index contributed by atoms with van der Waals surface area (Å²) in [5.41, 5.74) is 3.65. The average Bonchev–Trinajstić information content (AvgIpc) is 3.00. The molecule has 0 spiro atoms. The minimum absolute atomic E-state index is 0.114. The third-order valence-electron chi connectivity index (χ3n) is 4.59. The lowest BCUT2D eigenvalue weighted by atomic mass is 10.0. The first-order chi connectivity index (χ1) is 12.0. The Kier molecular flexibility index (Phi) is 5.17. The summed E-state index contributed by atoms with van der Waals surface area (Å²) in [6.07, 6.45) is 1.59. The zero-order valence-corrected chi connectivity index (χ0v) is 14.8. The second-order valence-electron chi connectivity index (χ2n) is 6.81. The van der Waals surface area contributed by atoms with Gasteiger partial charge in [0.1, 0.15) is 0 Å². The second kappa shape index (κ2) is 7.51. The number of benzene rings is 2. The van der Waals surface area contributed by atoms with Crippen molar-refractivity contribution < 1.29 is 9.59 Å². The van der Waals surface area contributed by atoms with Crippen LogP contribution in [0.1, 0.15) is 54.1 Å².